The highest BCUT2D eigenvalue weighted by Gasteiger charge is 2.60. The van der Waals surface area contributed by atoms with Crippen molar-refractivity contribution in [2.45, 2.75) is 64.6 Å². The zero-order valence-corrected chi connectivity index (χ0v) is 18.0. The summed E-state index contributed by atoms with van der Waals surface area (Å²) in [4.78, 5) is 4.62. The van der Waals surface area contributed by atoms with E-state index in [4.69, 9.17) is 0 Å². The van der Waals surface area contributed by atoms with Gasteiger partial charge in [0.25, 0.3) is 0 Å². The molecule has 0 amide bonds. The van der Waals surface area contributed by atoms with E-state index in [1.54, 1.807) is 0 Å². The van der Waals surface area contributed by atoms with Crippen molar-refractivity contribution in [1.82, 2.24) is 9.55 Å². The molecule has 4 aliphatic carbocycles. The van der Waals surface area contributed by atoms with Crippen LogP contribution >= 0.6 is 0 Å². The molecule has 0 radical (unpaired) electrons. The Morgan fingerprint density at radius 1 is 1.07 bits per heavy atom. The summed E-state index contributed by atoms with van der Waals surface area (Å²) in [6.45, 7) is 4.70. The number of imidazole rings is 1. The number of aliphatic hydroxyl groups is 2. The van der Waals surface area contributed by atoms with Crippen LogP contribution in [0.3, 0.4) is 0 Å². The van der Waals surface area contributed by atoms with Crippen LogP contribution in [-0.4, -0.2) is 32.0 Å². The van der Waals surface area contributed by atoms with E-state index >= 15 is 0 Å². The van der Waals surface area contributed by atoms with Crippen molar-refractivity contribution in [3.63, 3.8) is 0 Å². The number of para-hydroxylation sites is 2. The van der Waals surface area contributed by atoms with Gasteiger partial charge in [0.15, 0.2) is 0 Å². The van der Waals surface area contributed by atoms with Crippen LogP contribution in [0, 0.1) is 28.6 Å². The Morgan fingerprint density at radius 2 is 1.90 bits per heavy atom. The van der Waals surface area contributed by atoms with Gasteiger partial charge in [-0.25, -0.2) is 4.98 Å². The van der Waals surface area contributed by atoms with Crippen LogP contribution in [0.4, 0.5) is 0 Å². The van der Waals surface area contributed by atoms with Crippen molar-refractivity contribution in [3.05, 3.63) is 48.3 Å². The first-order chi connectivity index (χ1) is 14.4. The molecule has 1 heterocycles. The van der Waals surface area contributed by atoms with Gasteiger partial charge in [-0.3, -0.25) is 0 Å². The lowest BCUT2D eigenvalue weighted by molar-refractivity contribution is -0.0967. The Morgan fingerprint density at radius 3 is 2.77 bits per heavy atom. The van der Waals surface area contributed by atoms with Gasteiger partial charge in [0.1, 0.15) is 6.33 Å². The molecule has 4 nitrogen and oxygen atoms in total. The molecule has 158 valence electrons. The third-order valence-corrected chi connectivity index (χ3v) is 9.44. The highest BCUT2D eigenvalue weighted by molar-refractivity contribution is 5.80. The highest BCUT2D eigenvalue weighted by Crippen LogP contribution is 2.65. The second-order valence-corrected chi connectivity index (χ2v) is 10.6. The molecule has 1 aromatic carbocycles. The first-order valence-corrected chi connectivity index (χ1v) is 11.6. The first-order valence-electron chi connectivity index (χ1n) is 11.6. The molecular weight excluding hydrogens is 372 g/mol. The van der Waals surface area contributed by atoms with Crippen LogP contribution in [0.15, 0.2) is 48.3 Å². The number of hydrogen-bond acceptors (Lipinski definition) is 3. The molecule has 7 atom stereocenters. The summed E-state index contributed by atoms with van der Waals surface area (Å²) in [5, 5.41) is 21.9. The molecule has 2 saturated carbocycles. The maximum Gasteiger partial charge on any atom is 0.100 e. The largest absolute Gasteiger partial charge is 0.393 e. The average Bonchev–Trinajstić information content (AvgIpc) is 3.31. The van der Waals surface area contributed by atoms with Crippen molar-refractivity contribution in [3.8, 4) is 0 Å². The number of fused-ring (bicyclic) bond motifs is 6. The Labute approximate surface area is 178 Å². The van der Waals surface area contributed by atoms with Crippen LogP contribution in [0.25, 0.3) is 16.7 Å². The summed E-state index contributed by atoms with van der Waals surface area (Å²) in [5.41, 5.74) is 4.69. The van der Waals surface area contributed by atoms with Crippen molar-refractivity contribution in [1.29, 1.82) is 0 Å². The minimum Gasteiger partial charge on any atom is -0.393 e. The predicted molar refractivity (Wildman–Crippen MR) is 118 cm³/mol. The van der Waals surface area contributed by atoms with E-state index < -0.39 is 0 Å². The third-order valence-electron chi connectivity index (χ3n) is 9.44. The summed E-state index contributed by atoms with van der Waals surface area (Å²) in [6, 6.07) is 8.28. The van der Waals surface area contributed by atoms with Crippen molar-refractivity contribution in [2.75, 3.05) is 0 Å². The Balaban J connectivity index is 1.40. The summed E-state index contributed by atoms with van der Waals surface area (Å²) >= 11 is 0. The molecule has 2 fully saturated rings. The minimum atomic E-state index is -0.360. The monoisotopic (exact) mass is 404 g/mol. The summed E-state index contributed by atoms with van der Waals surface area (Å²) in [7, 11) is 0. The molecule has 4 unspecified atom stereocenters. The molecule has 0 aliphatic heterocycles. The zero-order valence-electron chi connectivity index (χ0n) is 18.0. The fraction of sp³-hybridized carbons (Fsp3) is 0.577. The topological polar surface area (TPSA) is 58.3 Å². The number of rotatable bonds is 1. The van der Waals surface area contributed by atoms with Gasteiger partial charge in [-0.05, 0) is 73.8 Å². The number of benzene rings is 1. The highest BCUT2D eigenvalue weighted by atomic mass is 16.3. The summed E-state index contributed by atoms with van der Waals surface area (Å²) in [5.74, 6) is 1.54. The molecule has 30 heavy (non-hydrogen) atoms. The predicted octanol–water partition coefficient (Wildman–Crippen LogP) is 4.78. The van der Waals surface area contributed by atoms with E-state index in [0.29, 0.717) is 17.8 Å². The molecule has 1 aromatic heterocycles. The van der Waals surface area contributed by atoms with Crippen LogP contribution in [-0.2, 0) is 0 Å². The fourth-order valence-electron chi connectivity index (χ4n) is 7.68. The van der Waals surface area contributed by atoms with Crippen molar-refractivity contribution >= 4 is 16.7 Å². The fourth-order valence-corrected chi connectivity index (χ4v) is 7.68. The SMILES string of the molecule is C[C@@]12C(n3cnc4ccccc43)=CCC1C1CC=C3C[C@@H](O)CC[C@]3(C)C1CC2O. The van der Waals surface area contributed by atoms with E-state index in [1.807, 2.05) is 12.4 Å². The molecular formula is C26H32N2O2. The second-order valence-electron chi connectivity index (χ2n) is 10.6. The number of nitrogens with zero attached hydrogens (tertiary/aromatic N) is 2. The molecule has 4 aliphatic rings. The van der Waals surface area contributed by atoms with Gasteiger partial charge in [-0.1, -0.05) is 43.7 Å². The van der Waals surface area contributed by atoms with Crippen LogP contribution in [0.5, 0.6) is 0 Å². The number of hydrogen-bond donors (Lipinski definition) is 2. The van der Waals surface area contributed by atoms with E-state index in [9.17, 15) is 10.2 Å². The Hall–Kier alpha value is -1.91. The standard InChI is InChI=1S/C26H32N2O2/c1-25-12-11-17(29)13-16(25)7-8-18-19-9-10-23(26(19,2)24(30)14-20(18)25)28-15-27-21-5-3-4-6-22(21)28/h3-7,10,15,17-20,24,29-30H,8-9,11-14H2,1-2H3/t17-,18?,19?,20?,24?,25-,26-/m0/s1. The zero-order chi connectivity index (χ0) is 20.7. The number of aromatic nitrogens is 2. The van der Waals surface area contributed by atoms with E-state index in [2.05, 4.69) is 53.7 Å². The first kappa shape index (κ1) is 18.8. The molecule has 2 aromatic rings. The molecule has 0 spiro atoms. The smallest absolute Gasteiger partial charge is 0.100 e. The Bertz CT molecular complexity index is 1070. The minimum absolute atomic E-state index is 0.134. The summed E-state index contributed by atoms with van der Waals surface area (Å²) in [6.07, 6.45) is 11.9. The lowest BCUT2D eigenvalue weighted by Gasteiger charge is -2.59. The number of aliphatic hydroxyl groups excluding tert-OH is 2. The van der Waals surface area contributed by atoms with E-state index in [0.717, 1.165) is 49.6 Å². The molecule has 2 N–H and O–H groups in total. The van der Waals surface area contributed by atoms with Gasteiger partial charge in [-0.2, -0.15) is 0 Å². The van der Waals surface area contributed by atoms with Crippen LogP contribution < -0.4 is 0 Å². The van der Waals surface area contributed by atoms with Crippen molar-refractivity contribution in [2.24, 2.45) is 28.6 Å². The Kier molecular flexibility index (Phi) is 3.96. The van der Waals surface area contributed by atoms with Crippen LogP contribution in [0.1, 0.15) is 52.4 Å². The average molecular weight is 405 g/mol. The van der Waals surface area contributed by atoms with E-state index in [1.165, 1.54) is 11.3 Å². The van der Waals surface area contributed by atoms with Crippen LogP contribution in [0.2, 0.25) is 0 Å². The van der Waals surface area contributed by atoms with Gasteiger partial charge in [-0.15, -0.1) is 0 Å². The van der Waals surface area contributed by atoms with Gasteiger partial charge in [0, 0.05) is 11.1 Å². The van der Waals surface area contributed by atoms with Gasteiger partial charge in [0.2, 0.25) is 0 Å². The van der Waals surface area contributed by atoms with Crippen molar-refractivity contribution < 1.29 is 10.2 Å². The maximum atomic E-state index is 11.6. The normalized spacial score (nSPS) is 42.9. The maximum absolute atomic E-state index is 11.6. The molecule has 6 rings (SSSR count). The van der Waals surface area contributed by atoms with Gasteiger partial charge >= 0.3 is 0 Å². The molecule has 4 heteroatoms. The molecule has 0 saturated heterocycles. The third kappa shape index (κ3) is 2.32. The van der Waals surface area contributed by atoms with E-state index in [-0.39, 0.29) is 23.0 Å². The summed E-state index contributed by atoms with van der Waals surface area (Å²) < 4.78 is 2.22. The second kappa shape index (κ2) is 6.30. The number of allylic oxidation sites excluding steroid dienone is 2. The van der Waals surface area contributed by atoms with Gasteiger partial charge < -0.3 is 14.8 Å². The quantitative estimate of drug-likeness (QED) is 0.673. The lowest BCUT2D eigenvalue weighted by atomic mass is 9.47. The molecule has 0 bridgehead atoms. The van der Waals surface area contributed by atoms with Gasteiger partial charge in [0.05, 0.1) is 23.2 Å². The lowest BCUT2D eigenvalue weighted by Crippen LogP contribution is -2.55.